The molecule has 0 radical (unpaired) electrons. The Kier molecular flexibility index (Phi) is 3.73. The first-order chi connectivity index (χ1) is 8.74. The molecule has 3 heteroatoms. The van der Waals surface area contributed by atoms with Gasteiger partial charge in [0, 0.05) is 29.6 Å². The normalized spacial score (nSPS) is 27.7. The van der Waals surface area contributed by atoms with E-state index in [0.717, 1.165) is 12.6 Å². The molecule has 0 aliphatic carbocycles. The monoisotopic (exact) mass is 308 g/mol. The minimum atomic E-state index is 0.705. The van der Waals surface area contributed by atoms with E-state index in [1.165, 1.54) is 48.0 Å². The van der Waals surface area contributed by atoms with E-state index in [1.54, 1.807) is 0 Å². The van der Waals surface area contributed by atoms with Crippen molar-refractivity contribution in [2.75, 3.05) is 13.1 Å². The first-order valence-corrected chi connectivity index (χ1v) is 7.76. The summed E-state index contributed by atoms with van der Waals surface area (Å²) in [4.78, 5) is 2.66. The highest BCUT2D eigenvalue weighted by molar-refractivity contribution is 9.10. The van der Waals surface area contributed by atoms with Crippen LogP contribution in [-0.4, -0.2) is 30.1 Å². The first kappa shape index (κ1) is 12.6. The number of hydrogen-bond acceptors (Lipinski definition) is 2. The molecule has 2 atom stereocenters. The van der Waals surface area contributed by atoms with Gasteiger partial charge < -0.3 is 5.32 Å². The molecular formula is C15H21BrN2. The fraction of sp³-hybridized carbons (Fsp3) is 0.600. The lowest BCUT2D eigenvalue weighted by Crippen LogP contribution is -2.38. The number of rotatable bonds is 3. The van der Waals surface area contributed by atoms with Gasteiger partial charge in [-0.25, -0.2) is 0 Å². The molecule has 0 bridgehead atoms. The molecule has 2 fully saturated rings. The van der Waals surface area contributed by atoms with Gasteiger partial charge in [0.1, 0.15) is 0 Å². The first-order valence-electron chi connectivity index (χ1n) is 6.96. The van der Waals surface area contributed by atoms with Gasteiger partial charge in [-0.15, -0.1) is 0 Å². The Hall–Kier alpha value is -0.380. The van der Waals surface area contributed by atoms with Crippen LogP contribution >= 0.6 is 15.9 Å². The summed E-state index contributed by atoms with van der Waals surface area (Å²) in [5.41, 5.74) is 2.72. The molecule has 2 heterocycles. The van der Waals surface area contributed by atoms with E-state index in [2.05, 4.69) is 51.3 Å². The van der Waals surface area contributed by atoms with Crippen molar-refractivity contribution in [1.29, 1.82) is 0 Å². The zero-order valence-corrected chi connectivity index (χ0v) is 12.5. The van der Waals surface area contributed by atoms with Crippen molar-refractivity contribution in [3.8, 4) is 0 Å². The van der Waals surface area contributed by atoms with E-state index >= 15 is 0 Å². The zero-order chi connectivity index (χ0) is 12.5. The van der Waals surface area contributed by atoms with Gasteiger partial charge in [-0.3, -0.25) is 4.90 Å². The highest BCUT2D eigenvalue weighted by atomic mass is 79.9. The van der Waals surface area contributed by atoms with Crippen LogP contribution in [0.4, 0.5) is 0 Å². The maximum atomic E-state index is 3.76. The topological polar surface area (TPSA) is 15.3 Å². The Morgan fingerprint density at radius 1 is 1.33 bits per heavy atom. The maximum Gasteiger partial charge on any atom is 0.0250 e. The molecule has 98 valence electrons. The van der Waals surface area contributed by atoms with Gasteiger partial charge in [-0.1, -0.05) is 28.1 Å². The summed E-state index contributed by atoms with van der Waals surface area (Å²) in [6, 6.07) is 8.16. The van der Waals surface area contributed by atoms with E-state index in [0.29, 0.717) is 6.04 Å². The summed E-state index contributed by atoms with van der Waals surface area (Å²) >= 11 is 3.56. The van der Waals surface area contributed by atoms with E-state index < -0.39 is 0 Å². The molecule has 18 heavy (non-hydrogen) atoms. The predicted octanol–water partition coefficient (Wildman–Crippen LogP) is 3.08. The number of benzene rings is 1. The van der Waals surface area contributed by atoms with E-state index in [9.17, 15) is 0 Å². The molecule has 2 aliphatic heterocycles. The van der Waals surface area contributed by atoms with Crippen LogP contribution in [0.2, 0.25) is 0 Å². The Morgan fingerprint density at radius 2 is 2.22 bits per heavy atom. The van der Waals surface area contributed by atoms with Crippen molar-refractivity contribution in [2.24, 2.45) is 0 Å². The second-order valence-electron chi connectivity index (χ2n) is 5.61. The highest BCUT2D eigenvalue weighted by Gasteiger charge is 2.36. The maximum absolute atomic E-state index is 3.76. The van der Waals surface area contributed by atoms with Crippen molar-refractivity contribution in [3.05, 3.63) is 33.8 Å². The summed E-state index contributed by atoms with van der Waals surface area (Å²) in [5, 5.41) is 3.76. The molecule has 0 aromatic heterocycles. The fourth-order valence-corrected chi connectivity index (χ4v) is 3.63. The lowest BCUT2D eigenvalue weighted by atomic mass is 10.1. The molecule has 1 aromatic rings. The number of aryl methyl sites for hydroxylation is 1. The second-order valence-corrected chi connectivity index (χ2v) is 6.46. The molecule has 0 saturated carbocycles. The van der Waals surface area contributed by atoms with Crippen molar-refractivity contribution < 1.29 is 0 Å². The summed E-state index contributed by atoms with van der Waals surface area (Å²) < 4.78 is 1.20. The average molecular weight is 309 g/mol. The van der Waals surface area contributed by atoms with Crippen LogP contribution in [0, 0.1) is 6.92 Å². The molecule has 0 amide bonds. The summed E-state index contributed by atoms with van der Waals surface area (Å²) in [5.74, 6) is 0. The Balaban J connectivity index is 1.59. The van der Waals surface area contributed by atoms with Crippen molar-refractivity contribution >= 4 is 15.9 Å². The zero-order valence-electron chi connectivity index (χ0n) is 11.0. The van der Waals surface area contributed by atoms with Gasteiger partial charge in [-0.05, 0) is 49.9 Å². The molecule has 2 nitrogen and oxygen atoms in total. The highest BCUT2D eigenvalue weighted by Crippen LogP contribution is 2.28. The van der Waals surface area contributed by atoms with E-state index in [1.807, 2.05) is 0 Å². The minimum Gasteiger partial charge on any atom is -0.308 e. The largest absolute Gasteiger partial charge is 0.308 e. The molecule has 2 saturated heterocycles. The number of nitrogens with one attached hydrogen (secondary N) is 1. The molecule has 1 aromatic carbocycles. The summed E-state index contributed by atoms with van der Waals surface area (Å²) in [6.07, 6.45) is 4.09. The van der Waals surface area contributed by atoms with Crippen LogP contribution in [0.3, 0.4) is 0 Å². The van der Waals surface area contributed by atoms with Gasteiger partial charge >= 0.3 is 0 Å². The molecule has 2 unspecified atom stereocenters. The minimum absolute atomic E-state index is 0.705. The van der Waals surface area contributed by atoms with Crippen LogP contribution in [0.5, 0.6) is 0 Å². The number of hydrogen-bond donors (Lipinski definition) is 1. The Morgan fingerprint density at radius 3 is 3.06 bits per heavy atom. The summed E-state index contributed by atoms with van der Waals surface area (Å²) in [7, 11) is 0. The van der Waals surface area contributed by atoms with Crippen LogP contribution in [-0.2, 0) is 6.54 Å². The Bertz CT molecular complexity index is 433. The molecule has 1 N–H and O–H groups in total. The fourth-order valence-electron chi connectivity index (χ4n) is 3.39. The van der Waals surface area contributed by atoms with E-state index in [-0.39, 0.29) is 0 Å². The number of fused-ring (bicyclic) bond motifs is 1. The van der Waals surface area contributed by atoms with Crippen LogP contribution < -0.4 is 5.32 Å². The number of halogens is 1. The van der Waals surface area contributed by atoms with Gasteiger partial charge in [0.25, 0.3) is 0 Å². The van der Waals surface area contributed by atoms with Crippen molar-refractivity contribution in [1.82, 2.24) is 10.2 Å². The van der Waals surface area contributed by atoms with Gasteiger partial charge in [0.2, 0.25) is 0 Å². The summed E-state index contributed by atoms with van der Waals surface area (Å²) in [6.45, 7) is 5.77. The standard InChI is InChI=1S/C15H21BrN2/c1-11-9-12(4-5-13(11)16)10-17-14-6-8-18-7-2-3-15(14)18/h4-5,9,14-15,17H,2-3,6-8,10H2,1H3. The quantitative estimate of drug-likeness (QED) is 0.923. The smallest absolute Gasteiger partial charge is 0.0250 e. The molecule has 2 aliphatic rings. The van der Waals surface area contributed by atoms with E-state index in [4.69, 9.17) is 0 Å². The van der Waals surface area contributed by atoms with Crippen LogP contribution in [0.25, 0.3) is 0 Å². The SMILES string of the molecule is Cc1cc(CNC2CCN3CCCC23)ccc1Br. The third-order valence-corrected chi connectivity index (χ3v) is 5.29. The second kappa shape index (κ2) is 5.32. The van der Waals surface area contributed by atoms with Crippen molar-refractivity contribution in [2.45, 2.75) is 44.8 Å². The lowest BCUT2D eigenvalue weighted by Gasteiger charge is -2.21. The predicted molar refractivity (Wildman–Crippen MR) is 78.7 cm³/mol. The molecule has 0 spiro atoms. The van der Waals surface area contributed by atoms with Gasteiger partial charge in [0.15, 0.2) is 0 Å². The van der Waals surface area contributed by atoms with Crippen molar-refractivity contribution in [3.63, 3.8) is 0 Å². The molecule has 3 rings (SSSR count). The number of nitrogens with zero attached hydrogens (tertiary/aromatic N) is 1. The van der Waals surface area contributed by atoms with Crippen LogP contribution in [0.15, 0.2) is 22.7 Å². The van der Waals surface area contributed by atoms with Crippen LogP contribution in [0.1, 0.15) is 30.4 Å². The van der Waals surface area contributed by atoms with Gasteiger partial charge in [0.05, 0.1) is 0 Å². The lowest BCUT2D eigenvalue weighted by molar-refractivity contribution is 0.298. The third-order valence-electron chi connectivity index (χ3n) is 4.40. The van der Waals surface area contributed by atoms with Gasteiger partial charge in [-0.2, -0.15) is 0 Å². The Labute approximate surface area is 118 Å². The average Bonchev–Trinajstić information content (AvgIpc) is 2.94. The molecular weight excluding hydrogens is 288 g/mol. The third kappa shape index (κ3) is 2.49.